The zero-order chi connectivity index (χ0) is 10.1. The summed E-state index contributed by atoms with van der Waals surface area (Å²) in [6.45, 7) is 4.79. The highest BCUT2D eigenvalue weighted by Gasteiger charge is 2.31. The number of nitrogens with zero attached hydrogens (tertiary/aromatic N) is 1. The molecule has 15 heavy (non-hydrogen) atoms. The molecule has 0 bridgehead atoms. The zero-order valence-corrected chi connectivity index (χ0v) is 8.69. The Morgan fingerprint density at radius 1 is 1.47 bits per heavy atom. The van der Waals surface area contributed by atoms with E-state index in [0.717, 1.165) is 38.6 Å². The van der Waals surface area contributed by atoms with Crippen molar-refractivity contribution in [2.24, 2.45) is 0 Å². The van der Waals surface area contributed by atoms with Crippen LogP contribution < -0.4 is 5.32 Å². The van der Waals surface area contributed by atoms with Gasteiger partial charge in [0.25, 0.3) is 0 Å². The lowest BCUT2D eigenvalue weighted by Crippen LogP contribution is -2.57. The molecule has 0 aromatic carbocycles. The van der Waals surface area contributed by atoms with Crippen LogP contribution in [0.1, 0.15) is 11.8 Å². The van der Waals surface area contributed by atoms with Crippen LogP contribution in [0, 0.1) is 0 Å². The van der Waals surface area contributed by atoms with Gasteiger partial charge in [0, 0.05) is 25.7 Å². The van der Waals surface area contributed by atoms with E-state index in [4.69, 9.17) is 9.15 Å². The number of nitrogens with one attached hydrogen (secondary N) is 1. The minimum Gasteiger partial charge on any atom is -0.468 e. The maximum absolute atomic E-state index is 5.46. The van der Waals surface area contributed by atoms with E-state index < -0.39 is 0 Å². The first-order valence-corrected chi connectivity index (χ1v) is 5.52. The zero-order valence-electron chi connectivity index (χ0n) is 8.69. The predicted octanol–water partition coefficient (Wildman–Crippen LogP) is 0.625. The first-order chi connectivity index (χ1) is 7.43. The minimum atomic E-state index is 0.342. The molecule has 2 atom stereocenters. The molecule has 0 aliphatic carbocycles. The van der Waals surface area contributed by atoms with Gasteiger partial charge in [-0.1, -0.05) is 0 Å². The molecular weight excluding hydrogens is 192 g/mol. The molecule has 2 unspecified atom stereocenters. The number of rotatable bonds is 1. The normalized spacial score (nSPS) is 32.5. The van der Waals surface area contributed by atoms with Crippen molar-refractivity contribution < 1.29 is 9.15 Å². The summed E-state index contributed by atoms with van der Waals surface area (Å²) in [5, 5.41) is 3.51. The third-order valence-corrected chi connectivity index (χ3v) is 3.25. The van der Waals surface area contributed by atoms with Crippen molar-refractivity contribution in [3.05, 3.63) is 24.2 Å². The molecule has 4 heteroatoms. The Balaban J connectivity index is 1.70. The van der Waals surface area contributed by atoms with E-state index in [9.17, 15) is 0 Å². The molecule has 1 N–H and O–H groups in total. The summed E-state index contributed by atoms with van der Waals surface area (Å²) < 4.78 is 10.9. The van der Waals surface area contributed by atoms with Crippen LogP contribution in [0.25, 0.3) is 0 Å². The summed E-state index contributed by atoms with van der Waals surface area (Å²) in [6, 6.07) is 4.88. The highest BCUT2D eigenvalue weighted by Crippen LogP contribution is 2.21. The van der Waals surface area contributed by atoms with E-state index in [1.165, 1.54) is 0 Å². The van der Waals surface area contributed by atoms with Crippen molar-refractivity contribution in [3.63, 3.8) is 0 Å². The van der Waals surface area contributed by atoms with Crippen molar-refractivity contribution >= 4 is 0 Å². The summed E-state index contributed by atoms with van der Waals surface area (Å²) in [4.78, 5) is 2.49. The maximum Gasteiger partial charge on any atom is 0.121 e. The average molecular weight is 208 g/mol. The molecule has 4 nitrogen and oxygen atoms in total. The molecule has 3 heterocycles. The van der Waals surface area contributed by atoms with E-state index >= 15 is 0 Å². The van der Waals surface area contributed by atoms with Crippen molar-refractivity contribution in [2.45, 2.75) is 12.1 Å². The van der Waals surface area contributed by atoms with E-state index in [1.807, 2.05) is 12.1 Å². The Bertz CT molecular complexity index is 312. The third kappa shape index (κ3) is 1.80. The van der Waals surface area contributed by atoms with Crippen LogP contribution in [0.4, 0.5) is 0 Å². The van der Waals surface area contributed by atoms with Gasteiger partial charge in [-0.2, -0.15) is 0 Å². The van der Waals surface area contributed by atoms with Crippen LogP contribution in [-0.2, 0) is 4.74 Å². The quantitative estimate of drug-likeness (QED) is 0.734. The molecule has 2 aliphatic heterocycles. The molecule has 0 spiro atoms. The van der Waals surface area contributed by atoms with Crippen LogP contribution in [0.15, 0.2) is 22.8 Å². The van der Waals surface area contributed by atoms with Gasteiger partial charge in [0.05, 0.1) is 25.5 Å². The fourth-order valence-electron chi connectivity index (χ4n) is 2.38. The lowest BCUT2D eigenvalue weighted by Gasteiger charge is -2.42. The summed E-state index contributed by atoms with van der Waals surface area (Å²) >= 11 is 0. The standard InChI is InChI=1S/C11H16N2O2/c1-2-11(15-4-1)10-7-13-3-5-14-8-9(13)6-12-10/h1-2,4,9-10,12H,3,5-8H2. The number of hydrogen-bond acceptors (Lipinski definition) is 4. The van der Waals surface area contributed by atoms with Gasteiger partial charge in [0.1, 0.15) is 5.76 Å². The van der Waals surface area contributed by atoms with Crippen LogP contribution in [-0.4, -0.2) is 43.8 Å². The fraction of sp³-hybridized carbons (Fsp3) is 0.636. The van der Waals surface area contributed by atoms with Gasteiger partial charge >= 0.3 is 0 Å². The molecule has 0 amide bonds. The number of piperazine rings is 1. The topological polar surface area (TPSA) is 37.6 Å². The first kappa shape index (κ1) is 9.39. The lowest BCUT2D eigenvalue weighted by molar-refractivity contribution is -0.0280. The Labute approximate surface area is 89.2 Å². The number of furan rings is 1. The van der Waals surface area contributed by atoms with Crippen LogP contribution >= 0.6 is 0 Å². The number of fused-ring (bicyclic) bond motifs is 1. The second kappa shape index (κ2) is 3.96. The summed E-state index contributed by atoms with van der Waals surface area (Å²) in [6.07, 6.45) is 1.74. The second-order valence-electron chi connectivity index (χ2n) is 4.20. The molecule has 0 radical (unpaired) electrons. The molecule has 2 fully saturated rings. The first-order valence-electron chi connectivity index (χ1n) is 5.52. The Hall–Kier alpha value is -0.840. The molecule has 1 aromatic rings. The van der Waals surface area contributed by atoms with Gasteiger partial charge in [-0.3, -0.25) is 4.90 Å². The number of ether oxygens (including phenoxy) is 1. The van der Waals surface area contributed by atoms with Gasteiger partial charge in [0.15, 0.2) is 0 Å². The molecule has 2 aliphatic rings. The molecule has 0 saturated carbocycles. The summed E-state index contributed by atoms with van der Waals surface area (Å²) in [5.41, 5.74) is 0. The van der Waals surface area contributed by atoms with Crippen LogP contribution in [0.2, 0.25) is 0 Å². The lowest BCUT2D eigenvalue weighted by atomic mass is 10.1. The van der Waals surface area contributed by atoms with E-state index in [1.54, 1.807) is 6.26 Å². The average Bonchev–Trinajstić information content (AvgIpc) is 2.82. The molecule has 3 rings (SSSR count). The van der Waals surface area contributed by atoms with Crippen molar-refractivity contribution in [1.82, 2.24) is 10.2 Å². The fourth-order valence-corrected chi connectivity index (χ4v) is 2.38. The van der Waals surface area contributed by atoms with Gasteiger partial charge in [-0.25, -0.2) is 0 Å². The monoisotopic (exact) mass is 208 g/mol. The Morgan fingerprint density at radius 3 is 3.33 bits per heavy atom. The van der Waals surface area contributed by atoms with Crippen LogP contribution in [0.3, 0.4) is 0 Å². The van der Waals surface area contributed by atoms with Gasteiger partial charge in [0.2, 0.25) is 0 Å². The summed E-state index contributed by atoms with van der Waals surface area (Å²) in [5.74, 6) is 1.04. The highest BCUT2D eigenvalue weighted by molar-refractivity contribution is 5.07. The van der Waals surface area contributed by atoms with Crippen molar-refractivity contribution in [1.29, 1.82) is 0 Å². The Morgan fingerprint density at radius 2 is 2.47 bits per heavy atom. The SMILES string of the molecule is c1coc(C2CN3CCOCC3CN2)c1. The molecule has 82 valence electrons. The maximum atomic E-state index is 5.46. The predicted molar refractivity (Wildman–Crippen MR) is 55.6 cm³/mol. The number of morpholine rings is 1. The third-order valence-electron chi connectivity index (χ3n) is 3.25. The van der Waals surface area contributed by atoms with Crippen molar-refractivity contribution in [2.75, 3.05) is 32.8 Å². The van der Waals surface area contributed by atoms with Gasteiger partial charge < -0.3 is 14.5 Å². The van der Waals surface area contributed by atoms with E-state index in [0.29, 0.717) is 12.1 Å². The summed E-state index contributed by atoms with van der Waals surface area (Å²) in [7, 11) is 0. The van der Waals surface area contributed by atoms with E-state index in [-0.39, 0.29) is 0 Å². The molecular formula is C11H16N2O2. The molecule has 2 saturated heterocycles. The van der Waals surface area contributed by atoms with Crippen LogP contribution in [0.5, 0.6) is 0 Å². The highest BCUT2D eigenvalue weighted by atomic mass is 16.5. The molecule has 1 aromatic heterocycles. The van der Waals surface area contributed by atoms with Crippen molar-refractivity contribution in [3.8, 4) is 0 Å². The Kier molecular flexibility index (Phi) is 2.48. The van der Waals surface area contributed by atoms with Gasteiger partial charge in [-0.05, 0) is 12.1 Å². The second-order valence-corrected chi connectivity index (χ2v) is 4.20. The van der Waals surface area contributed by atoms with Gasteiger partial charge in [-0.15, -0.1) is 0 Å². The smallest absolute Gasteiger partial charge is 0.121 e. The largest absolute Gasteiger partial charge is 0.468 e. The minimum absolute atomic E-state index is 0.342. The number of hydrogen-bond donors (Lipinski definition) is 1. The van der Waals surface area contributed by atoms with E-state index in [2.05, 4.69) is 10.2 Å².